The van der Waals surface area contributed by atoms with E-state index in [1.54, 1.807) is 0 Å². The van der Waals surface area contributed by atoms with Gasteiger partial charge in [0.15, 0.2) is 0 Å². The molecule has 0 unspecified atom stereocenters. The maximum absolute atomic E-state index is 2.47. The average molecular weight is 180 g/mol. The first-order chi connectivity index (χ1) is 5.71. The topological polar surface area (TPSA) is 0 Å². The zero-order chi connectivity index (χ0) is 10.3. The Morgan fingerprint density at radius 2 is 1.38 bits per heavy atom. The van der Waals surface area contributed by atoms with E-state index in [-0.39, 0.29) is 0 Å². The molecular weight excluding hydrogens is 156 g/mol. The Bertz CT molecular complexity index is 193. The number of rotatable bonds is 0. The molecular formula is C13H24. The summed E-state index contributed by atoms with van der Waals surface area (Å²) in [6.07, 6.45) is 7.40. The van der Waals surface area contributed by atoms with Gasteiger partial charge in [-0.3, -0.25) is 0 Å². The van der Waals surface area contributed by atoms with Crippen molar-refractivity contribution in [1.82, 2.24) is 0 Å². The van der Waals surface area contributed by atoms with Gasteiger partial charge >= 0.3 is 0 Å². The highest BCUT2D eigenvalue weighted by atomic mass is 14.5. The largest absolute Gasteiger partial charge is 0.0879 e. The summed E-state index contributed by atoms with van der Waals surface area (Å²) in [5.41, 5.74) is 1.14. The molecule has 0 aromatic rings. The van der Waals surface area contributed by atoms with Crippen molar-refractivity contribution in [2.45, 2.75) is 54.4 Å². The summed E-state index contributed by atoms with van der Waals surface area (Å²) in [5, 5.41) is 0. The summed E-state index contributed by atoms with van der Waals surface area (Å²) in [4.78, 5) is 0. The van der Waals surface area contributed by atoms with Crippen LogP contribution in [0.1, 0.15) is 54.4 Å². The molecule has 0 fully saturated rings. The third-order valence-corrected chi connectivity index (χ3v) is 3.78. The average Bonchev–Trinajstić information content (AvgIpc) is 2.28. The van der Waals surface area contributed by atoms with E-state index in [2.05, 4.69) is 53.7 Å². The zero-order valence-corrected chi connectivity index (χ0v) is 10.1. The van der Waals surface area contributed by atoms with Crippen LogP contribution in [0.3, 0.4) is 0 Å². The molecule has 0 aromatic carbocycles. The molecule has 0 nitrogen and oxygen atoms in total. The summed E-state index contributed by atoms with van der Waals surface area (Å²) in [6, 6.07) is 0. The molecule has 1 aliphatic carbocycles. The lowest BCUT2D eigenvalue weighted by Gasteiger charge is -2.50. The fourth-order valence-electron chi connectivity index (χ4n) is 3.05. The molecule has 0 aromatic heterocycles. The Kier molecular flexibility index (Phi) is 2.38. The van der Waals surface area contributed by atoms with Crippen molar-refractivity contribution in [1.29, 1.82) is 0 Å². The van der Waals surface area contributed by atoms with E-state index in [9.17, 15) is 0 Å². The standard InChI is InChI=1S/C13H24/c1-11(2,3)13(12(4,5)6)9-7-8-10-13/h7,9H,8,10H2,1-6H3. The van der Waals surface area contributed by atoms with Crippen LogP contribution in [0.4, 0.5) is 0 Å². The summed E-state index contributed by atoms with van der Waals surface area (Å²) in [5.74, 6) is 0. The number of hydrogen-bond acceptors (Lipinski definition) is 0. The smallest absolute Gasteiger partial charge is 0.00183 e. The monoisotopic (exact) mass is 180 g/mol. The predicted octanol–water partition coefficient (Wildman–Crippen LogP) is 4.42. The molecule has 0 heteroatoms. The SMILES string of the molecule is CC(C)(C)C1(C(C)(C)C)C=CCC1. The van der Waals surface area contributed by atoms with Crippen LogP contribution >= 0.6 is 0 Å². The predicted molar refractivity (Wildman–Crippen MR) is 59.7 cm³/mol. The van der Waals surface area contributed by atoms with Gasteiger partial charge < -0.3 is 0 Å². The van der Waals surface area contributed by atoms with Crippen LogP contribution in [-0.4, -0.2) is 0 Å². The van der Waals surface area contributed by atoms with Gasteiger partial charge in [-0.15, -0.1) is 0 Å². The Morgan fingerprint density at radius 1 is 0.923 bits per heavy atom. The van der Waals surface area contributed by atoms with Crippen LogP contribution in [0.2, 0.25) is 0 Å². The van der Waals surface area contributed by atoms with Crippen molar-refractivity contribution in [2.75, 3.05) is 0 Å². The summed E-state index contributed by atoms with van der Waals surface area (Å²) in [7, 11) is 0. The van der Waals surface area contributed by atoms with Crippen molar-refractivity contribution in [3.8, 4) is 0 Å². The molecule has 76 valence electrons. The van der Waals surface area contributed by atoms with Crippen LogP contribution in [0.5, 0.6) is 0 Å². The highest BCUT2D eigenvalue weighted by Crippen LogP contribution is 2.57. The van der Waals surface area contributed by atoms with Crippen LogP contribution in [0.25, 0.3) is 0 Å². The Morgan fingerprint density at radius 3 is 1.54 bits per heavy atom. The molecule has 0 spiro atoms. The Balaban J connectivity index is 3.11. The molecule has 0 saturated heterocycles. The second-order valence-corrected chi connectivity index (χ2v) is 6.41. The highest BCUT2D eigenvalue weighted by molar-refractivity contribution is 5.16. The van der Waals surface area contributed by atoms with E-state index < -0.39 is 0 Å². The van der Waals surface area contributed by atoms with Crippen molar-refractivity contribution in [2.24, 2.45) is 16.2 Å². The first kappa shape index (κ1) is 10.8. The molecule has 1 aliphatic rings. The van der Waals surface area contributed by atoms with Crippen molar-refractivity contribution < 1.29 is 0 Å². The minimum Gasteiger partial charge on any atom is -0.0879 e. The van der Waals surface area contributed by atoms with Gasteiger partial charge in [0, 0.05) is 0 Å². The summed E-state index contributed by atoms with van der Waals surface area (Å²) in [6.45, 7) is 14.2. The van der Waals surface area contributed by atoms with Crippen LogP contribution < -0.4 is 0 Å². The third-order valence-electron chi connectivity index (χ3n) is 3.78. The van der Waals surface area contributed by atoms with Gasteiger partial charge in [0.1, 0.15) is 0 Å². The van der Waals surface area contributed by atoms with Gasteiger partial charge in [-0.1, -0.05) is 53.7 Å². The minimum atomic E-state index is 0.373. The van der Waals surface area contributed by atoms with E-state index in [0.717, 1.165) is 0 Å². The quantitative estimate of drug-likeness (QED) is 0.484. The fraction of sp³-hybridized carbons (Fsp3) is 0.846. The van der Waals surface area contributed by atoms with Gasteiger partial charge in [0.05, 0.1) is 0 Å². The van der Waals surface area contributed by atoms with E-state index >= 15 is 0 Å². The van der Waals surface area contributed by atoms with E-state index in [1.807, 2.05) is 0 Å². The molecule has 0 N–H and O–H groups in total. The Labute approximate surface area is 83.4 Å². The lowest BCUT2D eigenvalue weighted by atomic mass is 9.54. The molecule has 13 heavy (non-hydrogen) atoms. The summed E-state index contributed by atoms with van der Waals surface area (Å²) < 4.78 is 0. The third kappa shape index (κ3) is 1.56. The minimum absolute atomic E-state index is 0.373. The number of allylic oxidation sites excluding steroid dienone is 2. The molecule has 0 amide bonds. The molecule has 1 rings (SSSR count). The normalized spacial score (nSPS) is 22.3. The van der Waals surface area contributed by atoms with E-state index in [0.29, 0.717) is 16.2 Å². The van der Waals surface area contributed by atoms with Crippen molar-refractivity contribution in [3.05, 3.63) is 12.2 Å². The molecule has 0 saturated carbocycles. The van der Waals surface area contributed by atoms with Gasteiger partial charge in [0.2, 0.25) is 0 Å². The maximum atomic E-state index is 2.47. The molecule has 0 radical (unpaired) electrons. The van der Waals surface area contributed by atoms with E-state index in [4.69, 9.17) is 0 Å². The Hall–Kier alpha value is -0.260. The van der Waals surface area contributed by atoms with Gasteiger partial charge in [-0.25, -0.2) is 0 Å². The van der Waals surface area contributed by atoms with Crippen LogP contribution in [-0.2, 0) is 0 Å². The van der Waals surface area contributed by atoms with Crippen LogP contribution in [0.15, 0.2) is 12.2 Å². The molecule has 0 atom stereocenters. The summed E-state index contributed by atoms with van der Waals surface area (Å²) >= 11 is 0. The molecule has 0 bridgehead atoms. The lowest BCUT2D eigenvalue weighted by Crippen LogP contribution is -2.43. The van der Waals surface area contributed by atoms with Gasteiger partial charge in [-0.2, -0.15) is 0 Å². The maximum Gasteiger partial charge on any atom is -0.00183 e. The van der Waals surface area contributed by atoms with Crippen molar-refractivity contribution >= 4 is 0 Å². The first-order valence-electron chi connectivity index (χ1n) is 5.38. The second-order valence-electron chi connectivity index (χ2n) is 6.41. The van der Waals surface area contributed by atoms with Crippen LogP contribution in [0, 0.1) is 16.2 Å². The number of hydrogen-bond donors (Lipinski definition) is 0. The van der Waals surface area contributed by atoms with Gasteiger partial charge in [0.25, 0.3) is 0 Å². The molecule has 0 aliphatic heterocycles. The zero-order valence-electron chi connectivity index (χ0n) is 10.1. The second kappa shape index (κ2) is 2.87. The van der Waals surface area contributed by atoms with E-state index in [1.165, 1.54) is 12.8 Å². The lowest BCUT2D eigenvalue weighted by molar-refractivity contribution is 0.0175. The highest BCUT2D eigenvalue weighted by Gasteiger charge is 2.49. The first-order valence-corrected chi connectivity index (χ1v) is 5.38. The van der Waals surface area contributed by atoms with Crippen molar-refractivity contribution in [3.63, 3.8) is 0 Å². The molecule has 0 heterocycles. The fourth-order valence-corrected chi connectivity index (χ4v) is 3.05. The van der Waals surface area contributed by atoms with Gasteiger partial charge in [-0.05, 0) is 29.1 Å².